The molecule has 1 unspecified atom stereocenters. The van der Waals surface area contributed by atoms with Gasteiger partial charge in [-0.05, 0) is 49.2 Å². The van der Waals surface area contributed by atoms with Crippen molar-refractivity contribution in [2.45, 2.75) is 31.0 Å². The number of aliphatic hydroxyl groups excluding tert-OH is 1. The Balaban J connectivity index is 1.33. The van der Waals surface area contributed by atoms with Crippen LogP contribution in [0.15, 0.2) is 48.5 Å². The van der Waals surface area contributed by atoms with E-state index in [-0.39, 0.29) is 23.9 Å². The zero-order valence-electron chi connectivity index (χ0n) is 18.1. The molecular formula is C24H29ClN4O3. The Morgan fingerprint density at radius 1 is 1.03 bits per heavy atom. The fourth-order valence-corrected chi connectivity index (χ4v) is 4.68. The van der Waals surface area contributed by atoms with Crippen molar-refractivity contribution in [2.75, 3.05) is 38.1 Å². The van der Waals surface area contributed by atoms with Gasteiger partial charge in [-0.15, -0.1) is 0 Å². The molecule has 7 nitrogen and oxygen atoms in total. The van der Waals surface area contributed by atoms with E-state index in [0.29, 0.717) is 42.3 Å². The lowest BCUT2D eigenvalue weighted by molar-refractivity contribution is 0.0691. The molecule has 0 saturated carbocycles. The zero-order valence-corrected chi connectivity index (χ0v) is 18.9. The van der Waals surface area contributed by atoms with E-state index < -0.39 is 6.10 Å². The monoisotopic (exact) mass is 456 g/mol. The van der Waals surface area contributed by atoms with Crippen molar-refractivity contribution in [3.8, 4) is 0 Å². The van der Waals surface area contributed by atoms with E-state index in [0.717, 1.165) is 18.5 Å². The standard InChI is InChI=1S/C24H29ClN4O3/c1-26-23(31)19-4-2-3-5-21(19)29-14-20(22(30)15-29)27-18-10-12-28(13-11-18)24(32)16-6-8-17(25)9-7-16/h2-9,18,20,22,27,30H,10-15H2,1H3,(H,26,31)/t20?,22-/m1/s1. The van der Waals surface area contributed by atoms with Crippen LogP contribution in [0.25, 0.3) is 0 Å². The summed E-state index contributed by atoms with van der Waals surface area (Å²) in [6.07, 6.45) is 1.14. The van der Waals surface area contributed by atoms with E-state index in [1.54, 1.807) is 37.4 Å². The Labute approximate surface area is 193 Å². The van der Waals surface area contributed by atoms with Gasteiger partial charge in [0.1, 0.15) is 0 Å². The minimum atomic E-state index is -0.526. The number of carbonyl (C=O) groups excluding carboxylic acids is 2. The van der Waals surface area contributed by atoms with Crippen molar-refractivity contribution in [1.82, 2.24) is 15.5 Å². The second-order valence-electron chi connectivity index (χ2n) is 8.42. The molecule has 4 rings (SSSR count). The quantitative estimate of drug-likeness (QED) is 0.642. The highest BCUT2D eigenvalue weighted by molar-refractivity contribution is 6.30. The van der Waals surface area contributed by atoms with Crippen LogP contribution >= 0.6 is 11.6 Å². The Morgan fingerprint density at radius 3 is 2.41 bits per heavy atom. The van der Waals surface area contributed by atoms with Crippen LogP contribution in [0.3, 0.4) is 0 Å². The average Bonchev–Trinajstić information content (AvgIpc) is 3.19. The lowest BCUT2D eigenvalue weighted by Gasteiger charge is -2.34. The van der Waals surface area contributed by atoms with Crippen LogP contribution in [-0.4, -0.2) is 73.2 Å². The van der Waals surface area contributed by atoms with Gasteiger partial charge in [-0.25, -0.2) is 0 Å². The average molecular weight is 457 g/mol. The number of benzene rings is 2. The minimum absolute atomic E-state index is 0.0259. The molecule has 0 spiro atoms. The van der Waals surface area contributed by atoms with E-state index in [2.05, 4.69) is 15.5 Å². The van der Waals surface area contributed by atoms with Gasteiger partial charge in [0.05, 0.1) is 17.7 Å². The zero-order chi connectivity index (χ0) is 22.7. The van der Waals surface area contributed by atoms with Gasteiger partial charge in [0.2, 0.25) is 0 Å². The number of halogens is 1. The van der Waals surface area contributed by atoms with Crippen LogP contribution in [0.2, 0.25) is 5.02 Å². The van der Waals surface area contributed by atoms with Gasteiger partial charge in [-0.2, -0.15) is 0 Å². The van der Waals surface area contributed by atoms with Crippen molar-refractivity contribution < 1.29 is 14.7 Å². The number of piperidine rings is 1. The van der Waals surface area contributed by atoms with Crippen LogP contribution in [0.5, 0.6) is 0 Å². The molecule has 0 aliphatic carbocycles. The predicted octanol–water partition coefficient (Wildman–Crippen LogP) is 2.14. The van der Waals surface area contributed by atoms with Crippen LogP contribution in [0, 0.1) is 0 Å². The third kappa shape index (κ3) is 4.90. The maximum Gasteiger partial charge on any atom is 0.253 e. The molecule has 3 N–H and O–H groups in total. The van der Waals surface area contributed by atoms with Gasteiger partial charge >= 0.3 is 0 Å². The molecule has 2 saturated heterocycles. The number of rotatable bonds is 5. The van der Waals surface area contributed by atoms with Crippen molar-refractivity contribution >= 4 is 29.1 Å². The number of carbonyl (C=O) groups is 2. The van der Waals surface area contributed by atoms with Gasteiger partial charge in [0.25, 0.3) is 11.8 Å². The summed E-state index contributed by atoms with van der Waals surface area (Å²) in [6.45, 7) is 2.44. The summed E-state index contributed by atoms with van der Waals surface area (Å²) in [5.74, 6) is -0.109. The molecule has 2 aromatic carbocycles. The first-order valence-corrected chi connectivity index (χ1v) is 11.4. The molecule has 2 aromatic rings. The number of amides is 2. The van der Waals surface area contributed by atoms with E-state index in [4.69, 9.17) is 11.6 Å². The highest BCUT2D eigenvalue weighted by Crippen LogP contribution is 2.26. The second-order valence-corrected chi connectivity index (χ2v) is 8.85. The van der Waals surface area contributed by atoms with Gasteiger partial charge < -0.3 is 25.5 Å². The van der Waals surface area contributed by atoms with E-state index >= 15 is 0 Å². The number of anilines is 1. The first kappa shape index (κ1) is 22.6. The normalized spacial score (nSPS) is 21.6. The van der Waals surface area contributed by atoms with Crippen LogP contribution < -0.4 is 15.5 Å². The Bertz CT molecular complexity index is 960. The van der Waals surface area contributed by atoms with Gasteiger partial charge in [-0.1, -0.05) is 23.7 Å². The lowest BCUT2D eigenvalue weighted by Crippen LogP contribution is -2.50. The number of para-hydroxylation sites is 1. The van der Waals surface area contributed by atoms with Crippen molar-refractivity contribution in [3.05, 3.63) is 64.7 Å². The van der Waals surface area contributed by atoms with Crippen molar-refractivity contribution in [3.63, 3.8) is 0 Å². The fraction of sp³-hybridized carbons (Fsp3) is 0.417. The molecule has 2 aliphatic heterocycles. The highest BCUT2D eigenvalue weighted by Gasteiger charge is 2.35. The number of hydrogen-bond acceptors (Lipinski definition) is 5. The first-order valence-electron chi connectivity index (χ1n) is 11.0. The molecular weight excluding hydrogens is 428 g/mol. The van der Waals surface area contributed by atoms with Crippen LogP contribution in [0.4, 0.5) is 5.69 Å². The van der Waals surface area contributed by atoms with Crippen molar-refractivity contribution in [2.24, 2.45) is 0 Å². The molecule has 0 radical (unpaired) electrons. The summed E-state index contributed by atoms with van der Waals surface area (Å²) < 4.78 is 0. The molecule has 8 heteroatoms. The third-order valence-corrected chi connectivity index (χ3v) is 6.58. The predicted molar refractivity (Wildman–Crippen MR) is 125 cm³/mol. The minimum Gasteiger partial charge on any atom is -0.390 e. The molecule has 0 bridgehead atoms. The largest absolute Gasteiger partial charge is 0.390 e. The van der Waals surface area contributed by atoms with Crippen LogP contribution in [0.1, 0.15) is 33.6 Å². The third-order valence-electron chi connectivity index (χ3n) is 6.33. The maximum absolute atomic E-state index is 12.7. The van der Waals surface area contributed by atoms with E-state index in [9.17, 15) is 14.7 Å². The molecule has 2 aliphatic rings. The maximum atomic E-state index is 12.7. The summed E-state index contributed by atoms with van der Waals surface area (Å²) in [5, 5.41) is 17.6. The number of aliphatic hydroxyl groups is 1. The van der Waals surface area contributed by atoms with Crippen LogP contribution in [-0.2, 0) is 0 Å². The van der Waals surface area contributed by atoms with E-state index in [1.807, 2.05) is 23.1 Å². The summed E-state index contributed by atoms with van der Waals surface area (Å²) in [5.41, 5.74) is 2.09. The SMILES string of the molecule is CNC(=O)c1ccccc1N1CC(NC2CCN(C(=O)c3ccc(Cl)cc3)CC2)[C@H](O)C1. The Morgan fingerprint density at radius 2 is 1.72 bits per heavy atom. The molecule has 2 amide bonds. The molecule has 2 atom stereocenters. The second kappa shape index (κ2) is 9.90. The van der Waals surface area contributed by atoms with Gasteiger partial charge in [0, 0.05) is 55.5 Å². The molecule has 0 aromatic heterocycles. The Hall–Kier alpha value is -2.61. The Kier molecular flexibility index (Phi) is 6.98. The van der Waals surface area contributed by atoms with Crippen molar-refractivity contribution in [1.29, 1.82) is 0 Å². The summed E-state index contributed by atoms with van der Waals surface area (Å²) in [6, 6.07) is 14.6. The molecule has 170 valence electrons. The summed E-state index contributed by atoms with van der Waals surface area (Å²) in [4.78, 5) is 28.9. The topological polar surface area (TPSA) is 84.9 Å². The molecule has 2 fully saturated rings. The summed E-state index contributed by atoms with van der Waals surface area (Å²) >= 11 is 5.92. The number of hydrogen-bond donors (Lipinski definition) is 3. The van der Waals surface area contributed by atoms with E-state index in [1.165, 1.54) is 0 Å². The molecule has 2 heterocycles. The number of nitrogens with one attached hydrogen (secondary N) is 2. The number of β-amino-alcohol motifs (C(OH)–C–C–N with tert-alkyl or cyclic N) is 1. The number of nitrogens with zero attached hydrogens (tertiary/aromatic N) is 2. The number of likely N-dealkylation sites (tertiary alicyclic amines) is 1. The highest BCUT2D eigenvalue weighted by atomic mass is 35.5. The summed E-state index contributed by atoms with van der Waals surface area (Å²) in [7, 11) is 1.62. The fourth-order valence-electron chi connectivity index (χ4n) is 4.55. The molecule has 32 heavy (non-hydrogen) atoms. The smallest absolute Gasteiger partial charge is 0.253 e. The first-order chi connectivity index (χ1) is 15.5. The van der Waals surface area contributed by atoms with Gasteiger partial charge in [0.15, 0.2) is 0 Å². The van der Waals surface area contributed by atoms with Gasteiger partial charge in [-0.3, -0.25) is 9.59 Å². The lowest BCUT2D eigenvalue weighted by atomic mass is 10.0.